The summed E-state index contributed by atoms with van der Waals surface area (Å²) in [4.78, 5) is 24.8. The molecule has 0 saturated carbocycles. The first kappa shape index (κ1) is 17.5. The predicted molar refractivity (Wildman–Crippen MR) is 102 cm³/mol. The molecule has 0 spiro atoms. The van der Waals surface area contributed by atoms with Gasteiger partial charge in [0.05, 0.1) is 18.9 Å². The molecule has 0 radical (unpaired) electrons. The number of halogens is 1. The van der Waals surface area contributed by atoms with E-state index in [2.05, 4.69) is 20.9 Å². The summed E-state index contributed by atoms with van der Waals surface area (Å²) in [5, 5.41) is 0.758. The van der Waals surface area contributed by atoms with Crippen LogP contribution in [0.4, 0.5) is 5.95 Å². The van der Waals surface area contributed by atoms with Crippen LogP contribution in [0.2, 0.25) is 5.02 Å². The average Bonchev–Trinajstić information content (AvgIpc) is 2.85. The maximum absolute atomic E-state index is 12.6. The van der Waals surface area contributed by atoms with Gasteiger partial charge < -0.3 is 9.64 Å². The lowest BCUT2D eigenvalue weighted by Gasteiger charge is -2.27. The maximum atomic E-state index is 12.6. The molecule has 6 nitrogen and oxygen atoms in total. The molecule has 2 aliphatic rings. The highest BCUT2D eigenvalue weighted by molar-refractivity contribution is 6.30. The van der Waals surface area contributed by atoms with E-state index < -0.39 is 0 Å². The van der Waals surface area contributed by atoms with Crippen LogP contribution < -0.4 is 10.5 Å². The van der Waals surface area contributed by atoms with Crippen LogP contribution in [0.5, 0.6) is 0 Å². The second-order valence-electron chi connectivity index (χ2n) is 6.82. The first-order chi connectivity index (χ1) is 12.7. The molecule has 1 saturated heterocycles. The fourth-order valence-electron chi connectivity index (χ4n) is 3.62. The second-order valence-corrected chi connectivity index (χ2v) is 7.26. The lowest BCUT2D eigenvalue weighted by Crippen LogP contribution is -2.38. The number of fused-ring (bicyclic) bond motifs is 1. The van der Waals surface area contributed by atoms with E-state index in [1.54, 1.807) is 0 Å². The summed E-state index contributed by atoms with van der Waals surface area (Å²) in [6, 6.07) is 7.96. The summed E-state index contributed by atoms with van der Waals surface area (Å²) in [5.74, 6) is 0.681. The molecule has 0 bridgehead atoms. The van der Waals surface area contributed by atoms with Crippen LogP contribution in [0, 0.1) is 0 Å². The molecule has 1 fully saturated rings. The van der Waals surface area contributed by atoms with Gasteiger partial charge in [0.2, 0.25) is 5.95 Å². The first-order valence-corrected chi connectivity index (χ1v) is 9.48. The van der Waals surface area contributed by atoms with Gasteiger partial charge in [-0.05, 0) is 24.1 Å². The van der Waals surface area contributed by atoms with Crippen molar-refractivity contribution in [2.45, 2.75) is 19.4 Å². The minimum absolute atomic E-state index is 0.00102. The Balaban J connectivity index is 1.50. The van der Waals surface area contributed by atoms with E-state index >= 15 is 0 Å². The van der Waals surface area contributed by atoms with E-state index in [4.69, 9.17) is 21.3 Å². The molecule has 0 amide bonds. The highest BCUT2D eigenvalue weighted by atomic mass is 35.5. The number of rotatable bonds is 3. The molecule has 1 N–H and O–H groups in total. The van der Waals surface area contributed by atoms with Gasteiger partial charge in [0.15, 0.2) is 0 Å². The van der Waals surface area contributed by atoms with Gasteiger partial charge in [0.25, 0.3) is 5.56 Å². The van der Waals surface area contributed by atoms with Crippen LogP contribution in [0.15, 0.2) is 29.1 Å². The fourth-order valence-corrected chi connectivity index (χ4v) is 3.83. The van der Waals surface area contributed by atoms with Crippen LogP contribution in [-0.2, 0) is 24.1 Å². The molecule has 1 aromatic heterocycles. The Morgan fingerprint density at radius 3 is 2.77 bits per heavy atom. The Morgan fingerprint density at radius 1 is 1.15 bits per heavy atom. The number of morpholine rings is 1. The van der Waals surface area contributed by atoms with Crippen molar-refractivity contribution in [2.75, 3.05) is 44.3 Å². The summed E-state index contributed by atoms with van der Waals surface area (Å²) < 4.78 is 5.39. The zero-order valence-corrected chi connectivity index (χ0v) is 15.5. The molecule has 1 aromatic carbocycles. The molecule has 138 valence electrons. The molecule has 7 heteroatoms. The second kappa shape index (κ2) is 7.78. The largest absolute Gasteiger partial charge is 0.378 e. The van der Waals surface area contributed by atoms with Gasteiger partial charge in [0.1, 0.15) is 0 Å². The van der Waals surface area contributed by atoms with Crippen molar-refractivity contribution in [3.05, 3.63) is 56.5 Å². The Hall–Kier alpha value is -1.89. The van der Waals surface area contributed by atoms with Gasteiger partial charge in [-0.2, -0.15) is 0 Å². The van der Waals surface area contributed by atoms with Crippen molar-refractivity contribution in [2.24, 2.45) is 0 Å². The van der Waals surface area contributed by atoms with E-state index in [0.717, 1.165) is 61.8 Å². The van der Waals surface area contributed by atoms with Gasteiger partial charge in [-0.15, -0.1) is 0 Å². The Bertz CT molecular complexity index is 833. The molecule has 4 rings (SSSR count). The van der Waals surface area contributed by atoms with Crippen molar-refractivity contribution in [3.63, 3.8) is 0 Å². The van der Waals surface area contributed by atoms with Crippen molar-refractivity contribution in [1.29, 1.82) is 0 Å². The lowest BCUT2D eigenvalue weighted by molar-refractivity contribution is 0.122. The van der Waals surface area contributed by atoms with Gasteiger partial charge in [-0.25, -0.2) is 4.98 Å². The van der Waals surface area contributed by atoms with Crippen LogP contribution in [0.25, 0.3) is 0 Å². The third-order valence-electron chi connectivity index (χ3n) is 5.04. The molecule has 26 heavy (non-hydrogen) atoms. The normalized spacial score (nSPS) is 18.4. The zero-order chi connectivity index (χ0) is 17.9. The van der Waals surface area contributed by atoms with Crippen molar-refractivity contribution in [3.8, 4) is 0 Å². The summed E-state index contributed by atoms with van der Waals surface area (Å²) in [6.07, 6.45) is 1.51. The number of hydrogen-bond donors (Lipinski definition) is 1. The predicted octanol–water partition coefficient (Wildman–Crippen LogP) is 1.86. The van der Waals surface area contributed by atoms with Crippen LogP contribution in [0.1, 0.15) is 16.8 Å². The number of benzene rings is 1. The van der Waals surface area contributed by atoms with Crippen molar-refractivity contribution in [1.82, 2.24) is 14.9 Å². The fraction of sp³-hybridized carbons (Fsp3) is 0.474. The Morgan fingerprint density at radius 2 is 1.96 bits per heavy atom. The monoisotopic (exact) mass is 374 g/mol. The molecule has 3 heterocycles. The number of nitrogens with zero attached hydrogens (tertiary/aromatic N) is 3. The third kappa shape index (κ3) is 3.92. The van der Waals surface area contributed by atoms with Crippen LogP contribution >= 0.6 is 11.6 Å². The number of ether oxygens (including phenoxy) is 1. The molecular formula is C19H23ClN4O2. The minimum Gasteiger partial charge on any atom is -0.378 e. The molecule has 0 unspecified atom stereocenters. The average molecular weight is 375 g/mol. The Labute approximate surface area is 157 Å². The lowest BCUT2D eigenvalue weighted by atomic mass is 10.1. The maximum Gasteiger partial charge on any atom is 0.255 e. The van der Waals surface area contributed by atoms with E-state index in [1.807, 2.05) is 18.2 Å². The molecule has 2 aromatic rings. The zero-order valence-electron chi connectivity index (χ0n) is 14.7. The summed E-state index contributed by atoms with van der Waals surface area (Å²) in [6.45, 7) is 5.45. The van der Waals surface area contributed by atoms with Gasteiger partial charge in [-0.1, -0.05) is 23.7 Å². The summed E-state index contributed by atoms with van der Waals surface area (Å²) >= 11 is 6.09. The van der Waals surface area contributed by atoms with Crippen LogP contribution in [0.3, 0.4) is 0 Å². The summed E-state index contributed by atoms with van der Waals surface area (Å²) in [5.41, 5.74) is 2.96. The van der Waals surface area contributed by atoms with E-state index in [9.17, 15) is 4.79 Å². The number of hydrogen-bond acceptors (Lipinski definition) is 5. The van der Waals surface area contributed by atoms with Crippen molar-refractivity contribution >= 4 is 17.5 Å². The minimum atomic E-state index is 0.00102. The molecule has 0 atom stereocenters. The number of H-pyrrole nitrogens is 1. The molecule has 0 aliphatic carbocycles. The number of anilines is 1. The SMILES string of the molecule is O=c1[nH]c(N2CCOCC2)nc2c1CCN(Cc1cccc(Cl)c1)CC2. The quantitative estimate of drug-likeness (QED) is 0.888. The van der Waals surface area contributed by atoms with Crippen molar-refractivity contribution < 1.29 is 4.74 Å². The van der Waals surface area contributed by atoms with E-state index in [-0.39, 0.29) is 5.56 Å². The van der Waals surface area contributed by atoms with Crippen LogP contribution in [-0.4, -0.2) is 54.3 Å². The molecule has 2 aliphatic heterocycles. The van der Waals surface area contributed by atoms with E-state index in [1.165, 1.54) is 5.56 Å². The van der Waals surface area contributed by atoms with Gasteiger partial charge in [-0.3, -0.25) is 14.7 Å². The highest BCUT2D eigenvalue weighted by Gasteiger charge is 2.21. The van der Waals surface area contributed by atoms with Gasteiger partial charge >= 0.3 is 0 Å². The van der Waals surface area contributed by atoms with Gasteiger partial charge in [0, 0.05) is 49.7 Å². The summed E-state index contributed by atoms with van der Waals surface area (Å²) in [7, 11) is 0. The van der Waals surface area contributed by atoms with E-state index in [0.29, 0.717) is 19.2 Å². The third-order valence-corrected chi connectivity index (χ3v) is 5.27. The number of aromatic amines is 1. The molecular weight excluding hydrogens is 352 g/mol. The smallest absolute Gasteiger partial charge is 0.255 e. The number of nitrogens with one attached hydrogen (secondary N) is 1. The number of aromatic nitrogens is 2. The first-order valence-electron chi connectivity index (χ1n) is 9.10. The topological polar surface area (TPSA) is 61.5 Å². The highest BCUT2D eigenvalue weighted by Crippen LogP contribution is 2.18. The Kier molecular flexibility index (Phi) is 5.24. The standard InChI is InChI=1S/C19H23ClN4O2/c20-15-3-1-2-14(12-15)13-23-6-4-16-17(5-7-23)21-19(22-18(16)25)24-8-10-26-11-9-24/h1-3,12H,4-11,13H2,(H,21,22,25).